The number of hydrogen-bond acceptors (Lipinski definition) is 4. The molecule has 1 saturated heterocycles. The molecule has 0 aliphatic carbocycles. The highest BCUT2D eigenvalue weighted by Gasteiger charge is 2.34. The Morgan fingerprint density at radius 2 is 1.88 bits per heavy atom. The maximum Gasteiger partial charge on any atom is 0.334 e. The lowest BCUT2D eigenvalue weighted by atomic mass is 10.2. The van der Waals surface area contributed by atoms with Crippen LogP contribution in [0.2, 0.25) is 0 Å². The van der Waals surface area contributed by atoms with E-state index >= 15 is 0 Å². The second-order valence-corrected chi connectivity index (χ2v) is 6.44. The van der Waals surface area contributed by atoms with E-state index in [1.807, 2.05) is 30.5 Å². The number of carboxylic acids is 1. The monoisotopic (exact) mass is 346 g/mol. The van der Waals surface area contributed by atoms with Crippen LogP contribution in [0.25, 0.3) is 5.82 Å². The predicted octanol–water partition coefficient (Wildman–Crippen LogP) is 1.14. The second-order valence-electron chi connectivity index (χ2n) is 6.44. The fourth-order valence-corrected chi connectivity index (χ4v) is 3.27. The molecule has 2 aromatic heterocycles. The third kappa shape index (κ3) is 3.05. The Bertz CT molecular complexity index is 803. The molecule has 1 aliphatic rings. The lowest BCUT2D eigenvalue weighted by Crippen LogP contribution is -2.51. The molecule has 0 radical (unpaired) electrons. The SMILES string of the molecule is Cc1ccc(C)n1-c1c(C(=O)N2CC(C(=O)O)O[C@H](C)C2)cnn1C. The summed E-state index contributed by atoms with van der Waals surface area (Å²) in [5.74, 6) is -0.624. The summed E-state index contributed by atoms with van der Waals surface area (Å²) >= 11 is 0. The molecule has 134 valence electrons. The van der Waals surface area contributed by atoms with Gasteiger partial charge in [0.1, 0.15) is 11.4 Å². The summed E-state index contributed by atoms with van der Waals surface area (Å²) in [6.45, 7) is 6.06. The zero-order chi connectivity index (χ0) is 18.3. The van der Waals surface area contributed by atoms with E-state index in [2.05, 4.69) is 5.10 Å². The Balaban J connectivity index is 1.98. The predicted molar refractivity (Wildman–Crippen MR) is 89.9 cm³/mol. The number of carboxylic acid groups (broad SMARTS) is 1. The molecule has 2 aromatic rings. The molecular weight excluding hydrogens is 324 g/mol. The van der Waals surface area contributed by atoms with E-state index in [0.29, 0.717) is 17.9 Å². The third-order valence-corrected chi connectivity index (χ3v) is 4.44. The second kappa shape index (κ2) is 6.36. The number of aromatic nitrogens is 3. The molecule has 1 N–H and O–H groups in total. The summed E-state index contributed by atoms with van der Waals surface area (Å²) in [5, 5.41) is 13.5. The van der Waals surface area contributed by atoms with Crippen molar-refractivity contribution in [2.24, 2.45) is 7.05 Å². The number of carbonyl (C=O) groups is 2. The van der Waals surface area contributed by atoms with Crippen LogP contribution >= 0.6 is 0 Å². The minimum absolute atomic E-state index is 0.0243. The quantitative estimate of drug-likeness (QED) is 0.900. The van der Waals surface area contributed by atoms with Gasteiger partial charge in [0, 0.05) is 25.0 Å². The first-order valence-electron chi connectivity index (χ1n) is 8.14. The highest BCUT2D eigenvalue weighted by atomic mass is 16.5. The van der Waals surface area contributed by atoms with Crippen molar-refractivity contribution in [2.45, 2.75) is 33.0 Å². The number of aryl methyl sites for hydroxylation is 3. The molecule has 8 nitrogen and oxygen atoms in total. The lowest BCUT2D eigenvalue weighted by molar-refractivity contribution is -0.160. The van der Waals surface area contributed by atoms with Crippen LogP contribution in [0, 0.1) is 13.8 Å². The first kappa shape index (κ1) is 17.2. The van der Waals surface area contributed by atoms with Crippen LogP contribution in [0.3, 0.4) is 0 Å². The fourth-order valence-electron chi connectivity index (χ4n) is 3.27. The first-order chi connectivity index (χ1) is 11.8. The van der Waals surface area contributed by atoms with Gasteiger partial charge in [0.15, 0.2) is 6.10 Å². The largest absolute Gasteiger partial charge is 0.479 e. The normalized spacial score (nSPS) is 20.7. The van der Waals surface area contributed by atoms with Crippen molar-refractivity contribution in [1.29, 1.82) is 0 Å². The molecule has 1 aliphatic heterocycles. The zero-order valence-electron chi connectivity index (χ0n) is 14.8. The van der Waals surface area contributed by atoms with Crippen molar-refractivity contribution in [2.75, 3.05) is 13.1 Å². The van der Waals surface area contributed by atoms with E-state index in [1.54, 1.807) is 18.7 Å². The van der Waals surface area contributed by atoms with Crippen LogP contribution in [0.4, 0.5) is 0 Å². The van der Waals surface area contributed by atoms with E-state index in [0.717, 1.165) is 11.4 Å². The van der Waals surface area contributed by atoms with Crippen LogP contribution in [0.15, 0.2) is 18.3 Å². The van der Waals surface area contributed by atoms with Crippen LogP contribution in [0.5, 0.6) is 0 Å². The average molecular weight is 346 g/mol. The Hall–Kier alpha value is -2.61. The Morgan fingerprint density at radius 3 is 2.48 bits per heavy atom. The number of morpholine rings is 1. The Labute approximate surface area is 145 Å². The Morgan fingerprint density at radius 1 is 1.24 bits per heavy atom. The van der Waals surface area contributed by atoms with Gasteiger partial charge in [-0.25, -0.2) is 4.79 Å². The van der Waals surface area contributed by atoms with Crippen molar-refractivity contribution in [3.63, 3.8) is 0 Å². The number of rotatable bonds is 3. The van der Waals surface area contributed by atoms with Gasteiger partial charge in [0.05, 0.1) is 18.8 Å². The number of aliphatic carboxylic acids is 1. The van der Waals surface area contributed by atoms with Gasteiger partial charge in [0.2, 0.25) is 0 Å². The maximum absolute atomic E-state index is 13.1. The average Bonchev–Trinajstić information content (AvgIpc) is 3.08. The Kier molecular flexibility index (Phi) is 4.38. The number of amides is 1. The number of nitrogens with zero attached hydrogens (tertiary/aromatic N) is 4. The van der Waals surface area contributed by atoms with Crippen molar-refractivity contribution >= 4 is 11.9 Å². The van der Waals surface area contributed by atoms with Crippen molar-refractivity contribution < 1.29 is 19.4 Å². The van der Waals surface area contributed by atoms with Gasteiger partial charge in [-0.1, -0.05) is 0 Å². The summed E-state index contributed by atoms with van der Waals surface area (Å²) in [5.41, 5.74) is 2.44. The van der Waals surface area contributed by atoms with E-state index in [-0.39, 0.29) is 18.6 Å². The molecular formula is C17H22N4O4. The van der Waals surface area contributed by atoms with Crippen LogP contribution < -0.4 is 0 Å². The summed E-state index contributed by atoms with van der Waals surface area (Å²) in [7, 11) is 1.78. The topological polar surface area (TPSA) is 89.6 Å². The highest BCUT2D eigenvalue weighted by molar-refractivity contribution is 5.97. The van der Waals surface area contributed by atoms with Crippen LogP contribution in [-0.2, 0) is 16.6 Å². The first-order valence-corrected chi connectivity index (χ1v) is 8.14. The highest BCUT2D eigenvalue weighted by Crippen LogP contribution is 2.23. The molecule has 0 bridgehead atoms. The summed E-state index contributed by atoms with van der Waals surface area (Å²) in [4.78, 5) is 25.9. The van der Waals surface area contributed by atoms with Gasteiger partial charge in [-0.05, 0) is 32.9 Å². The molecule has 1 amide bonds. The van der Waals surface area contributed by atoms with E-state index in [1.165, 1.54) is 11.1 Å². The molecule has 0 spiro atoms. The molecule has 1 fully saturated rings. The maximum atomic E-state index is 13.1. The van der Waals surface area contributed by atoms with Gasteiger partial charge < -0.3 is 19.3 Å². The van der Waals surface area contributed by atoms with Crippen molar-refractivity contribution in [3.8, 4) is 5.82 Å². The lowest BCUT2D eigenvalue weighted by Gasteiger charge is -2.35. The van der Waals surface area contributed by atoms with Crippen LogP contribution in [-0.4, -0.2) is 61.5 Å². The standard InChI is InChI=1S/C17H22N4O4/c1-10-5-6-11(2)21(10)15-13(7-18-19(15)4)16(22)20-8-12(3)25-14(9-20)17(23)24/h5-7,12,14H,8-9H2,1-4H3,(H,23,24)/t12-,14?/m1/s1. The third-order valence-electron chi connectivity index (χ3n) is 4.44. The molecule has 3 heterocycles. The molecule has 8 heteroatoms. The van der Waals surface area contributed by atoms with Crippen molar-refractivity contribution in [3.05, 3.63) is 35.3 Å². The summed E-state index contributed by atoms with van der Waals surface area (Å²) in [6, 6.07) is 3.96. The smallest absolute Gasteiger partial charge is 0.334 e. The van der Waals surface area contributed by atoms with Gasteiger partial charge in [-0.2, -0.15) is 5.10 Å². The van der Waals surface area contributed by atoms with Crippen LogP contribution in [0.1, 0.15) is 28.7 Å². The molecule has 2 atom stereocenters. The van der Waals surface area contributed by atoms with E-state index in [9.17, 15) is 14.7 Å². The van der Waals surface area contributed by atoms with Gasteiger partial charge in [-0.15, -0.1) is 0 Å². The minimum atomic E-state index is -1.06. The number of hydrogen-bond donors (Lipinski definition) is 1. The van der Waals surface area contributed by atoms with E-state index < -0.39 is 12.1 Å². The molecule has 0 saturated carbocycles. The zero-order valence-corrected chi connectivity index (χ0v) is 14.8. The molecule has 25 heavy (non-hydrogen) atoms. The van der Waals surface area contributed by atoms with Gasteiger partial charge in [0.25, 0.3) is 5.91 Å². The molecule has 1 unspecified atom stereocenters. The summed E-state index contributed by atoms with van der Waals surface area (Å²) < 4.78 is 9.02. The number of ether oxygens (including phenoxy) is 1. The number of carbonyl (C=O) groups excluding carboxylic acids is 1. The van der Waals surface area contributed by atoms with Gasteiger partial charge >= 0.3 is 5.97 Å². The minimum Gasteiger partial charge on any atom is -0.479 e. The molecule has 3 rings (SSSR count). The fraction of sp³-hybridized carbons (Fsp3) is 0.471. The van der Waals surface area contributed by atoms with Crippen molar-refractivity contribution in [1.82, 2.24) is 19.2 Å². The van der Waals surface area contributed by atoms with E-state index in [4.69, 9.17) is 4.74 Å². The molecule has 0 aromatic carbocycles. The summed E-state index contributed by atoms with van der Waals surface area (Å²) in [6.07, 6.45) is 0.184. The van der Waals surface area contributed by atoms with Gasteiger partial charge in [-0.3, -0.25) is 9.48 Å².